The van der Waals surface area contributed by atoms with Crippen molar-refractivity contribution in [3.63, 3.8) is 0 Å². The molecule has 0 spiro atoms. The number of fused-ring (bicyclic) bond motifs is 1. The summed E-state index contributed by atoms with van der Waals surface area (Å²) in [6, 6.07) is 9.45. The number of hydrogen-bond donors (Lipinski definition) is 0. The lowest BCUT2D eigenvalue weighted by Gasteiger charge is -2.04. The van der Waals surface area contributed by atoms with Gasteiger partial charge in [-0.2, -0.15) is 5.10 Å². The van der Waals surface area contributed by atoms with E-state index in [4.69, 9.17) is 4.74 Å². The molecule has 0 N–H and O–H groups in total. The lowest BCUT2D eigenvalue weighted by Crippen LogP contribution is -2.08. The summed E-state index contributed by atoms with van der Waals surface area (Å²) in [5, 5.41) is 4.24. The predicted octanol–water partition coefficient (Wildman–Crippen LogP) is 1.79. The number of Topliss-reactive ketones (excluding diaryl/α,β-unsaturated/α-hetero) is 1. The van der Waals surface area contributed by atoms with E-state index < -0.39 is 5.97 Å². The maximum atomic E-state index is 11.9. The lowest BCUT2D eigenvalue weighted by molar-refractivity contribution is 0.0590. The predicted molar refractivity (Wildman–Crippen MR) is 67.6 cm³/mol. The van der Waals surface area contributed by atoms with Crippen molar-refractivity contribution in [2.24, 2.45) is 0 Å². The Balaban J connectivity index is 2.21. The van der Waals surface area contributed by atoms with Crippen LogP contribution in [0.15, 0.2) is 30.3 Å². The molecule has 3 rings (SSSR count). The van der Waals surface area contributed by atoms with Crippen LogP contribution in [0.5, 0.6) is 0 Å². The molecule has 0 aliphatic heterocycles. The molecule has 1 aromatic carbocycles. The van der Waals surface area contributed by atoms with Gasteiger partial charge in [0.1, 0.15) is 0 Å². The van der Waals surface area contributed by atoms with E-state index >= 15 is 0 Å². The number of aromatic nitrogens is 2. The first-order valence-electron chi connectivity index (χ1n) is 6.01. The maximum absolute atomic E-state index is 11.9. The van der Waals surface area contributed by atoms with Crippen molar-refractivity contribution in [1.82, 2.24) is 9.78 Å². The smallest absolute Gasteiger partial charge is 0.359 e. The van der Waals surface area contributed by atoms with Crippen LogP contribution in [0.25, 0.3) is 5.69 Å². The van der Waals surface area contributed by atoms with Crippen molar-refractivity contribution in [2.45, 2.75) is 12.8 Å². The van der Waals surface area contributed by atoms with Crippen molar-refractivity contribution >= 4 is 11.8 Å². The summed E-state index contributed by atoms with van der Waals surface area (Å²) >= 11 is 0. The molecule has 0 atom stereocenters. The van der Waals surface area contributed by atoms with Crippen LogP contribution in [0.3, 0.4) is 0 Å². The number of carbonyl (C=O) groups excluding carboxylic acids is 2. The Labute approximate surface area is 109 Å². The molecule has 0 saturated heterocycles. The van der Waals surface area contributed by atoms with Crippen LogP contribution >= 0.6 is 0 Å². The molecule has 5 heteroatoms. The van der Waals surface area contributed by atoms with Gasteiger partial charge >= 0.3 is 5.97 Å². The van der Waals surface area contributed by atoms with Crippen LogP contribution < -0.4 is 0 Å². The van der Waals surface area contributed by atoms with Crippen LogP contribution in [0.1, 0.15) is 33.0 Å². The highest BCUT2D eigenvalue weighted by Crippen LogP contribution is 2.28. The van der Waals surface area contributed by atoms with Crippen LogP contribution in [-0.2, 0) is 11.2 Å². The van der Waals surface area contributed by atoms with Gasteiger partial charge in [0.25, 0.3) is 0 Å². The Kier molecular flexibility index (Phi) is 2.67. The molecule has 0 saturated carbocycles. The molecule has 19 heavy (non-hydrogen) atoms. The summed E-state index contributed by atoms with van der Waals surface area (Å²) in [6.07, 6.45) is 1.02. The number of nitrogens with zero attached hydrogens (tertiary/aromatic N) is 2. The minimum Gasteiger partial charge on any atom is -0.464 e. The summed E-state index contributed by atoms with van der Waals surface area (Å²) in [7, 11) is 1.29. The third-order valence-corrected chi connectivity index (χ3v) is 3.23. The molecule has 1 heterocycles. The van der Waals surface area contributed by atoms with Crippen LogP contribution in [0.2, 0.25) is 0 Å². The zero-order chi connectivity index (χ0) is 13.4. The van der Waals surface area contributed by atoms with E-state index in [9.17, 15) is 9.59 Å². The zero-order valence-electron chi connectivity index (χ0n) is 10.4. The Morgan fingerprint density at radius 3 is 2.68 bits per heavy atom. The maximum Gasteiger partial charge on any atom is 0.359 e. The van der Waals surface area contributed by atoms with Gasteiger partial charge in [-0.25, -0.2) is 9.48 Å². The molecule has 5 nitrogen and oxygen atoms in total. The summed E-state index contributed by atoms with van der Waals surface area (Å²) in [4.78, 5) is 23.6. The number of ketones is 1. The van der Waals surface area contributed by atoms with Gasteiger partial charge in [0.05, 0.1) is 24.1 Å². The first kappa shape index (κ1) is 11.6. The molecule has 96 valence electrons. The van der Waals surface area contributed by atoms with E-state index in [-0.39, 0.29) is 11.5 Å². The fourth-order valence-corrected chi connectivity index (χ4v) is 2.36. The highest BCUT2D eigenvalue weighted by molar-refractivity contribution is 6.08. The number of hydrogen-bond acceptors (Lipinski definition) is 4. The third kappa shape index (κ3) is 1.74. The summed E-state index contributed by atoms with van der Waals surface area (Å²) in [5.41, 5.74) is 2.15. The van der Waals surface area contributed by atoms with Crippen molar-refractivity contribution in [3.05, 3.63) is 47.3 Å². The largest absolute Gasteiger partial charge is 0.464 e. The van der Waals surface area contributed by atoms with E-state index in [1.807, 2.05) is 30.3 Å². The van der Waals surface area contributed by atoms with Crippen molar-refractivity contribution in [2.75, 3.05) is 7.11 Å². The quantitative estimate of drug-likeness (QED) is 0.768. The molecule has 1 aliphatic carbocycles. The molecule has 1 aliphatic rings. The Morgan fingerprint density at radius 2 is 2.00 bits per heavy atom. The second-order valence-electron chi connectivity index (χ2n) is 4.33. The average Bonchev–Trinajstić information content (AvgIpc) is 3.00. The summed E-state index contributed by atoms with van der Waals surface area (Å²) in [5.74, 6) is -0.612. The van der Waals surface area contributed by atoms with E-state index in [1.54, 1.807) is 4.68 Å². The molecule has 0 bridgehead atoms. The van der Waals surface area contributed by atoms with Crippen LogP contribution in [-0.4, -0.2) is 28.6 Å². The number of carbonyl (C=O) groups is 2. The van der Waals surface area contributed by atoms with Gasteiger partial charge in [-0.05, 0) is 18.6 Å². The Bertz CT molecular complexity index is 659. The second-order valence-corrected chi connectivity index (χ2v) is 4.33. The molecular weight excluding hydrogens is 244 g/mol. The molecule has 0 unspecified atom stereocenters. The summed E-state index contributed by atoms with van der Waals surface area (Å²) < 4.78 is 6.35. The van der Waals surface area contributed by atoms with Gasteiger partial charge < -0.3 is 4.74 Å². The SMILES string of the molecule is COC(=O)c1nn(-c2ccccc2)c2c1C(=O)CC2. The van der Waals surface area contributed by atoms with Crippen LogP contribution in [0.4, 0.5) is 0 Å². The van der Waals surface area contributed by atoms with E-state index in [0.29, 0.717) is 18.4 Å². The number of ether oxygens (including phenoxy) is 1. The molecular formula is C14H12N2O3. The number of para-hydroxylation sites is 1. The van der Waals surface area contributed by atoms with Crippen molar-refractivity contribution in [3.8, 4) is 5.69 Å². The molecule has 0 radical (unpaired) electrons. The second kappa shape index (κ2) is 4.35. The fourth-order valence-electron chi connectivity index (χ4n) is 2.36. The van der Waals surface area contributed by atoms with Crippen molar-refractivity contribution in [1.29, 1.82) is 0 Å². The third-order valence-electron chi connectivity index (χ3n) is 3.23. The van der Waals surface area contributed by atoms with E-state index in [2.05, 4.69) is 5.10 Å². The minimum absolute atomic E-state index is 0.0439. The zero-order valence-corrected chi connectivity index (χ0v) is 10.4. The highest BCUT2D eigenvalue weighted by Gasteiger charge is 2.33. The van der Waals surface area contributed by atoms with Gasteiger partial charge in [-0.1, -0.05) is 18.2 Å². The number of esters is 1. The monoisotopic (exact) mass is 256 g/mol. The standard InChI is InChI=1S/C14H12N2O3/c1-19-14(18)13-12-10(7-8-11(12)17)16(15-13)9-5-3-2-4-6-9/h2-6H,7-8H2,1H3. The van der Waals surface area contributed by atoms with E-state index in [0.717, 1.165) is 11.4 Å². The van der Waals surface area contributed by atoms with Crippen molar-refractivity contribution < 1.29 is 14.3 Å². The van der Waals surface area contributed by atoms with Gasteiger partial charge in [-0.15, -0.1) is 0 Å². The fraction of sp³-hybridized carbons (Fsp3) is 0.214. The molecule has 0 amide bonds. The van der Waals surface area contributed by atoms with Gasteiger partial charge in [0, 0.05) is 6.42 Å². The Hall–Kier alpha value is -2.43. The molecule has 2 aromatic rings. The summed E-state index contributed by atoms with van der Waals surface area (Å²) in [6.45, 7) is 0. The Morgan fingerprint density at radius 1 is 1.26 bits per heavy atom. The molecule has 1 aromatic heterocycles. The normalized spacial score (nSPS) is 13.4. The topological polar surface area (TPSA) is 61.2 Å². The number of rotatable bonds is 2. The highest BCUT2D eigenvalue weighted by atomic mass is 16.5. The average molecular weight is 256 g/mol. The van der Waals surface area contributed by atoms with Gasteiger partial charge in [0.2, 0.25) is 0 Å². The van der Waals surface area contributed by atoms with Crippen LogP contribution in [0, 0.1) is 0 Å². The number of benzene rings is 1. The van der Waals surface area contributed by atoms with Gasteiger partial charge in [0.15, 0.2) is 11.5 Å². The first-order chi connectivity index (χ1) is 9.22. The first-order valence-corrected chi connectivity index (χ1v) is 6.01. The number of methoxy groups -OCH3 is 1. The lowest BCUT2D eigenvalue weighted by atomic mass is 10.2. The minimum atomic E-state index is -0.568. The van der Waals surface area contributed by atoms with E-state index in [1.165, 1.54) is 7.11 Å². The van der Waals surface area contributed by atoms with Gasteiger partial charge in [-0.3, -0.25) is 4.79 Å². The molecule has 0 fully saturated rings.